The number of amides is 1. The highest BCUT2D eigenvalue weighted by atomic mass is 32.2. The van der Waals surface area contributed by atoms with Crippen LogP contribution in [0.3, 0.4) is 0 Å². The Hall–Kier alpha value is -2.13. The zero-order chi connectivity index (χ0) is 19.3. The lowest BCUT2D eigenvalue weighted by atomic mass is 10.1. The number of alkyl carbamates (subject to hydrolysis) is 1. The summed E-state index contributed by atoms with van der Waals surface area (Å²) in [6.07, 6.45) is 0.208. The molecule has 25 heavy (non-hydrogen) atoms. The van der Waals surface area contributed by atoms with Gasteiger partial charge in [-0.05, 0) is 38.5 Å². The van der Waals surface area contributed by atoms with Gasteiger partial charge in [-0.1, -0.05) is 12.1 Å². The normalized spacial score (nSPS) is 13.0. The lowest BCUT2D eigenvalue weighted by molar-refractivity contribution is -0.131. The molecule has 1 N–H and O–H groups in total. The van der Waals surface area contributed by atoms with Crippen LogP contribution in [0.1, 0.15) is 39.3 Å². The number of rotatable bonds is 6. The Bertz CT molecular complexity index is 705. The minimum absolute atomic E-state index is 0.301. The molecule has 1 amide bonds. The summed E-state index contributed by atoms with van der Waals surface area (Å²) in [6.45, 7) is 6.11. The van der Waals surface area contributed by atoms with Gasteiger partial charge >= 0.3 is 12.1 Å². The van der Waals surface area contributed by atoms with Crippen molar-refractivity contribution in [1.29, 1.82) is 0 Å². The number of carbonyl (C=O) groups excluding carboxylic acids is 2. The van der Waals surface area contributed by atoms with E-state index in [0.717, 1.165) is 6.26 Å². The van der Waals surface area contributed by atoms with Crippen molar-refractivity contribution in [2.75, 3.05) is 12.9 Å². The number of ether oxygens (including phenoxy) is 2. The van der Waals surface area contributed by atoms with Crippen molar-refractivity contribution in [3.05, 3.63) is 29.8 Å². The number of esters is 1. The van der Waals surface area contributed by atoms with Crippen molar-refractivity contribution < 1.29 is 31.7 Å². The van der Waals surface area contributed by atoms with Crippen LogP contribution in [0.5, 0.6) is 5.75 Å². The summed E-state index contributed by atoms with van der Waals surface area (Å²) < 4.78 is 37.4. The molecule has 1 rings (SSSR count). The highest BCUT2D eigenvalue weighted by Crippen LogP contribution is 2.20. The third kappa shape index (κ3) is 9.06. The van der Waals surface area contributed by atoms with E-state index in [2.05, 4.69) is 5.32 Å². The molecule has 0 aliphatic heterocycles. The Kier molecular flexibility index (Phi) is 6.95. The first-order chi connectivity index (χ1) is 11.4. The number of benzene rings is 1. The highest BCUT2D eigenvalue weighted by molar-refractivity contribution is 7.85. The van der Waals surface area contributed by atoms with Gasteiger partial charge in [0, 0.05) is 6.92 Å². The fourth-order valence-electron chi connectivity index (χ4n) is 1.80. The Balaban J connectivity index is 2.93. The van der Waals surface area contributed by atoms with Gasteiger partial charge in [-0.25, -0.2) is 4.79 Å². The summed E-state index contributed by atoms with van der Waals surface area (Å²) >= 11 is 0. The Labute approximate surface area is 147 Å². The second-order valence-corrected chi connectivity index (χ2v) is 7.99. The van der Waals surface area contributed by atoms with Gasteiger partial charge in [0.1, 0.15) is 11.4 Å². The first-order valence-electron chi connectivity index (χ1n) is 7.48. The second kappa shape index (κ2) is 8.30. The van der Waals surface area contributed by atoms with Crippen molar-refractivity contribution in [3.8, 4) is 5.75 Å². The molecule has 0 saturated heterocycles. The van der Waals surface area contributed by atoms with E-state index in [-0.39, 0.29) is 6.61 Å². The van der Waals surface area contributed by atoms with Crippen LogP contribution >= 0.6 is 0 Å². The smallest absolute Gasteiger partial charge is 0.408 e. The quantitative estimate of drug-likeness (QED) is 0.462. The van der Waals surface area contributed by atoms with Gasteiger partial charge in [-0.3, -0.25) is 8.98 Å². The molecule has 0 radical (unpaired) electrons. The average Bonchev–Trinajstić information content (AvgIpc) is 2.41. The second-order valence-electron chi connectivity index (χ2n) is 6.35. The largest absolute Gasteiger partial charge is 0.444 e. The van der Waals surface area contributed by atoms with E-state index in [0.29, 0.717) is 11.3 Å². The monoisotopic (exact) mass is 373 g/mol. The van der Waals surface area contributed by atoms with Crippen LogP contribution in [0, 0.1) is 0 Å². The van der Waals surface area contributed by atoms with Crippen LogP contribution in [0.4, 0.5) is 4.79 Å². The molecule has 140 valence electrons. The van der Waals surface area contributed by atoms with Crippen LogP contribution in [-0.2, 0) is 23.8 Å². The van der Waals surface area contributed by atoms with E-state index in [1.54, 1.807) is 32.9 Å². The molecule has 0 fully saturated rings. The first-order valence-corrected chi connectivity index (χ1v) is 9.30. The van der Waals surface area contributed by atoms with Crippen LogP contribution < -0.4 is 10.1 Å². The molecule has 0 aromatic heterocycles. The molecule has 0 spiro atoms. The summed E-state index contributed by atoms with van der Waals surface area (Å²) in [5.74, 6) is -0.132. The fourth-order valence-corrected chi connectivity index (χ4v) is 2.18. The Morgan fingerprint density at radius 2 is 1.72 bits per heavy atom. The van der Waals surface area contributed by atoms with Gasteiger partial charge in [0.25, 0.3) is 10.1 Å². The zero-order valence-electron chi connectivity index (χ0n) is 14.9. The molecule has 1 aromatic rings. The third-order valence-corrected chi connectivity index (χ3v) is 3.25. The van der Waals surface area contributed by atoms with Gasteiger partial charge in [0.05, 0.1) is 18.9 Å². The van der Waals surface area contributed by atoms with Gasteiger partial charge in [-0.2, -0.15) is 8.42 Å². The molecular weight excluding hydrogens is 350 g/mol. The minimum Gasteiger partial charge on any atom is -0.444 e. The van der Waals surface area contributed by atoms with Gasteiger partial charge in [0.15, 0.2) is 0 Å². The van der Waals surface area contributed by atoms with E-state index in [1.807, 2.05) is 0 Å². The molecule has 0 aliphatic carbocycles. The predicted octanol–water partition coefficient (Wildman–Crippen LogP) is 2.15. The molecule has 0 heterocycles. The lowest BCUT2D eigenvalue weighted by Crippen LogP contribution is -2.37. The van der Waals surface area contributed by atoms with E-state index in [1.165, 1.54) is 19.1 Å². The van der Waals surface area contributed by atoms with Crippen molar-refractivity contribution >= 4 is 22.2 Å². The molecule has 9 heteroatoms. The molecular formula is C16H23NO7S. The molecule has 8 nitrogen and oxygen atoms in total. The predicted molar refractivity (Wildman–Crippen MR) is 90.7 cm³/mol. The molecule has 0 bridgehead atoms. The fraction of sp³-hybridized carbons (Fsp3) is 0.500. The SMILES string of the molecule is CC(=O)Oc1ccc(C(COS(C)(=O)=O)NC(=O)OC(C)(C)C)cc1. The van der Waals surface area contributed by atoms with E-state index in [4.69, 9.17) is 13.7 Å². The standard InChI is InChI=1S/C16H23NO7S/c1-11(18)23-13-8-6-12(7-9-13)14(10-22-25(5,20)21)17-15(19)24-16(2,3)4/h6-9,14H,10H2,1-5H3,(H,17,19). The maximum Gasteiger partial charge on any atom is 0.408 e. The zero-order valence-corrected chi connectivity index (χ0v) is 15.7. The Morgan fingerprint density at radius 3 is 2.16 bits per heavy atom. The summed E-state index contributed by atoms with van der Waals surface area (Å²) in [7, 11) is -3.68. The summed E-state index contributed by atoms with van der Waals surface area (Å²) in [5.41, 5.74) is -0.142. The minimum atomic E-state index is -3.68. The van der Waals surface area contributed by atoms with E-state index in [9.17, 15) is 18.0 Å². The molecule has 0 saturated carbocycles. The van der Waals surface area contributed by atoms with Crippen LogP contribution in [0.2, 0.25) is 0 Å². The van der Waals surface area contributed by atoms with Gasteiger partial charge < -0.3 is 14.8 Å². The topological polar surface area (TPSA) is 108 Å². The first kappa shape index (κ1) is 20.9. The summed E-state index contributed by atoms with van der Waals surface area (Å²) in [6, 6.07) is 5.47. The van der Waals surface area contributed by atoms with E-state index < -0.39 is 33.8 Å². The molecule has 1 unspecified atom stereocenters. The number of carbonyl (C=O) groups is 2. The summed E-state index contributed by atoms with van der Waals surface area (Å²) in [5, 5.41) is 2.56. The van der Waals surface area contributed by atoms with Crippen molar-refractivity contribution in [2.45, 2.75) is 39.3 Å². The lowest BCUT2D eigenvalue weighted by Gasteiger charge is -2.23. The van der Waals surface area contributed by atoms with E-state index >= 15 is 0 Å². The maximum atomic E-state index is 12.0. The average molecular weight is 373 g/mol. The van der Waals surface area contributed by atoms with Crippen molar-refractivity contribution in [3.63, 3.8) is 0 Å². The van der Waals surface area contributed by atoms with Crippen molar-refractivity contribution in [1.82, 2.24) is 5.32 Å². The molecule has 1 atom stereocenters. The van der Waals surface area contributed by atoms with Gasteiger partial charge in [-0.15, -0.1) is 0 Å². The number of nitrogens with one attached hydrogen (secondary N) is 1. The van der Waals surface area contributed by atoms with Crippen molar-refractivity contribution in [2.24, 2.45) is 0 Å². The highest BCUT2D eigenvalue weighted by Gasteiger charge is 2.22. The number of hydrogen-bond donors (Lipinski definition) is 1. The Morgan fingerprint density at radius 1 is 1.16 bits per heavy atom. The summed E-state index contributed by atoms with van der Waals surface area (Å²) in [4.78, 5) is 22.9. The molecule has 0 aliphatic rings. The molecule has 1 aromatic carbocycles. The van der Waals surface area contributed by atoms with Crippen LogP contribution in [-0.4, -0.2) is 38.9 Å². The maximum absolute atomic E-state index is 12.0. The number of hydrogen-bond acceptors (Lipinski definition) is 7. The third-order valence-electron chi connectivity index (χ3n) is 2.68. The van der Waals surface area contributed by atoms with Crippen LogP contribution in [0.15, 0.2) is 24.3 Å². The van der Waals surface area contributed by atoms with Gasteiger partial charge in [0.2, 0.25) is 0 Å². The van der Waals surface area contributed by atoms with Crippen LogP contribution in [0.25, 0.3) is 0 Å².